The van der Waals surface area contributed by atoms with Gasteiger partial charge in [0, 0.05) is 21.1 Å². The van der Waals surface area contributed by atoms with E-state index in [2.05, 4.69) is 10.3 Å². The van der Waals surface area contributed by atoms with Crippen LogP contribution in [0, 0.1) is 0 Å². The lowest BCUT2D eigenvalue weighted by Gasteiger charge is -2.01. The number of hydrogen-bond acceptors (Lipinski definition) is 1. The predicted octanol–water partition coefficient (Wildman–Crippen LogP) is 0.0806. The van der Waals surface area contributed by atoms with Gasteiger partial charge in [0.15, 0.2) is 5.11 Å². The van der Waals surface area contributed by atoms with Gasteiger partial charge in [-0.3, -0.25) is 0 Å². The first-order valence-corrected chi connectivity index (χ1v) is 3.00. The van der Waals surface area contributed by atoms with Crippen LogP contribution in [0.5, 0.6) is 0 Å². The van der Waals surface area contributed by atoms with Crippen LogP contribution in [-0.2, 0) is 0 Å². The fourth-order valence-corrected chi connectivity index (χ4v) is 0.280. The lowest BCUT2D eigenvalue weighted by molar-refractivity contribution is 0.644. The van der Waals surface area contributed by atoms with E-state index < -0.39 is 0 Å². The van der Waals surface area contributed by atoms with Gasteiger partial charge < -0.3 is 10.2 Å². The molecule has 0 atom stereocenters. The van der Waals surface area contributed by atoms with E-state index in [0.29, 0.717) is 5.11 Å². The van der Waals surface area contributed by atoms with Gasteiger partial charge in [-0.1, -0.05) is 0 Å². The van der Waals surface area contributed by atoms with Crippen LogP contribution in [-0.4, -0.2) is 37.5 Å². The number of nitrogens with zero attached hydrogens (tertiary/aromatic N) is 2. The van der Waals surface area contributed by atoms with Crippen molar-refractivity contribution in [1.29, 1.82) is 0 Å². The van der Waals surface area contributed by atoms with Crippen molar-refractivity contribution in [2.75, 3.05) is 21.1 Å². The Morgan fingerprint density at radius 1 is 1.67 bits per heavy atom. The summed E-state index contributed by atoms with van der Waals surface area (Å²) < 4.78 is 0. The smallest absolute Gasteiger partial charge is 0.193 e. The Balaban J connectivity index is 3.57. The Morgan fingerprint density at radius 3 is 2.56 bits per heavy atom. The summed E-state index contributed by atoms with van der Waals surface area (Å²) in [5, 5.41) is 3.23. The summed E-state index contributed by atoms with van der Waals surface area (Å²) in [7, 11) is 5.53. The summed E-state index contributed by atoms with van der Waals surface area (Å²) in [6.07, 6.45) is 1.65. The zero-order valence-corrected chi connectivity index (χ0v) is 6.70. The number of nitrogens with one attached hydrogen (secondary N) is 1. The number of aliphatic imine (C=N–C) groups is 1. The molecule has 0 aliphatic heterocycles. The molecule has 0 heterocycles. The topological polar surface area (TPSA) is 27.6 Å². The summed E-state index contributed by atoms with van der Waals surface area (Å²) >= 11 is 4.74. The summed E-state index contributed by atoms with van der Waals surface area (Å²) in [5.74, 6) is 0. The van der Waals surface area contributed by atoms with Gasteiger partial charge in [0.2, 0.25) is 0 Å². The zero-order chi connectivity index (χ0) is 7.28. The number of thiocarbonyl (C=S) groups is 1. The van der Waals surface area contributed by atoms with Gasteiger partial charge in [-0.15, -0.1) is 0 Å². The molecule has 0 saturated carbocycles. The standard InChI is InChI=1S/C5H11N3S/c1-6-5(9)7-4-8(2)3/h4H,1-3H3,(H,6,9). The lowest BCUT2D eigenvalue weighted by Crippen LogP contribution is -2.16. The van der Waals surface area contributed by atoms with Gasteiger partial charge in [0.05, 0.1) is 6.34 Å². The largest absolute Gasteiger partial charge is 0.369 e. The minimum absolute atomic E-state index is 0.503. The number of hydrogen-bond donors (Lipinski definition) is 1. The molecule has 4 heteroatoms. The first-order chi connectivity index (χ1) is 4.16. The normalized spacial score (nSPS) is 9.67. The maximum Gasteiger partial charge on any atom is 0.193 e. The summed E-state index contributed by atoms with van der Waals surface area (Å²) in [4.78, 5) is 5.69. The Bertz CT molecular complexity index is 119. The van der Waals surface area contributed by atoms with Crippen molar-refractivity contribution in [3.8, 4) is 0 Å². The van der Waals surface area contributed by atoms with Crippen molar-refractivity contribution in [3.63, 3.8) is 0 Å². The van der Waals surface area contributed by atoms with Crippen LogP contribution >= 0.6 is 12.2 Å². The molecule has 52 valence electrons. The highest BCUT2D eigenvalue weighted by atomic mass is 32.1. The minimum atomic E-state index is 0.503. The van der Waals surface area contributed by atoms with E-state index in [4.69, 9.17) is 12.2 Å². The van der Waals surface area contributed by atoms with Crippen molar-refractivity contribution < 1.29 is 0 Å². The van der Waals surface area contributed by atoms with E-state index in [9.17, 15) is 0 Å². The summed E-state index contributed by atoms with van der Waals surface area (Å²) in [6, 6.07) is 0. The fourth-order valence-electron chi connectivity index (χ4n) is 0.232. The molecule has 0 aromatic carbocycles. The van der Waals surface area contributed by atoms with Gasteiger partial charge in [-0.05, 0) is 12.2 Å². The van der Waals surface area contributed by atoms with E-state index in [0.717, 1.165) is 0 Å². The molecule has 0 unspecified atom stereocenters. The third-order valence-corrected chi connectivity index (χ3v) is 0.929. The molecule has 0 aliphatic carbocycles. The van der Waals surface area contributed by atoms with E-state index in [1.54, 1.807) is 13.4 Å². The Hall–Kier alpha value is -0.640. The quantitative estimate of drug-likeness (QED) is 0.322. The highest BCUT2D eigenvalue weighted by Crippen LogP contribution is 1.71. The molecule has 0 spiro atoms. The van der Waals surface area contributed by atoms with Crippen LogP contribution in [0.15, 0.2) is 4.99 Å². The SMILES string of the molecule is CNC(=S)N=CN(C)C. The average molecular weight is 145 g/mol. The van der Waals surface area contributed by atoms with Gasteiger partial charge >= 0.3 is 0 Å². The zero-order valence-electron chi connectivity index (χ0n) is 5.88. The molecule has 0 saturated heterocycles. The third-order valence-electron chi connectivity index (χ3n) is 0.620. The summed E-state index contributed by atoms with van der Waals surface area (Å²) in [5.41, 5.74) is 0. The molecule has 1 N–H and O–H groups in total. The molecule has 3 nitrogen and oxygen atoms in total. The first-order valence-electron chi connectivity index (χ1n) is 2.59. The van der Waals surface area contributed by atoms with Gasteiger partial charge in [-0.25, -0.2) is 4.99 Å². The highest BCUT2D eigenvalue weighted by molar-refractivity contribution is 7.80. The average Bonchev–Trinajstić information content (AvgIpc) is 1.83. The van der Waals surface area contributed by atoms with E-state index in [-0.39, 0.29) is 0 Å². The van der Waals surface area contributed by atoms with Gasteiger partial charge in [-0.2, -0.15) is 0 Å². The molecule has 0 fully saturated rings. The Morgan fingerprint density at radius 2 is 2.22 bits per heavy atom. The van der Waals surface area contributed by atoms with Crippen LogP contribution in [0.1, 0.15) is 0 Å². The number of rotatable bonds is 1. The molecular weight excluding hydrogens is 134 g/mol. The Labute approximate surface area is 60.8 Å². The second-order valence-electron chi connectivity index (χ2n) is 1.76. The molecule has 0 bridgehead atoms. The van der Waals surface area contributed by atoms with E-state index in [1.165, 1.54) is 0 Å². The molecule has 0 aromatic rings. The first kappa shape index (κ1) is 8.36. The fraction of sp³-hybridized carbons (Fsp3) is 0.600. The highest BCUT2D eigenvalue weighted by Gasteiger charge is 1.81. The Kier molecular flexibility index (Phi) is 3.96. The monoisotopic (exact) mass is 145 g/mol. The van der Waals surface area contributed by atoms with Crippen molar-refractivity contribution in [2.24, 2.45) is 4.99 Å². The van der Waals surface area contributed by atoms with Crippen LogP contribution in [0.3, 0.4) is 0 Å². The summed E-state index contributed by atoms with van der Waals surface area (Å²) in [6.45, 7) is 0. The predicted molar refractivity (Wildman–Crippen MR) is 43.8 cm³/mol. The van der Waals surface area contributed by atoms with E-state index >= 15 is 0 Å². The lowest BCUT2D eigenvalue weighted by atomic mass is 10.9. The maximum absolute atomic E-state index is 4.74. The third kappa shape index (κ3) is 5.23. The maximum atomic E-state index is 4.74. The van der Waals surface area contributed by atoms with Gasteiger partial charge in [0.25, 0.3) is 0 Å². The van der Waals surface area contributed by atoms with Crippen molar-refractivity contribution in [1.82, 2.24) is 10.2 Å². The second-order valence-corrected chi connectivity index (χ2v) is 2.15. The molecule has 0 radical (unpaired) electrons. The van der Waals surface area contributed by atoms with Crippen LogP contribution in [0.2, 0.25) is 0 Å². The molecule has 0 rings (SSSR count). The van der Waals surface area contributed by atoms with Crippen LogP contribution < -0.4 is 5.32 Å². The van der Waals surface area contributed by atoms with E-state index in [1.807, 2.05) is 19.0 Å². The molecule has 0 aliphatic rings. The van der Waals surface area contributed by atoms with Crippen molar-refractivity contribution in [3.05, 3.63) is 0 Å². The van der Waals surface area contributed by atoms with Gasteiger partial charge in [0.1, 0.15) is 0 Å². The molecule has 9 heavy (non-hydrogen) atoms. The van der Waals surface area contributed by atoms with Crippen molar-refractivity contribution in [2.45, 2.75) is 0 Å². The minimum Gasteiger partial charge on any atom is -0.369 e. The van der Waals surface area contributed by atoms with Crippen LogP contribution in [0.4, 0.5) is 0 Å². The molecule has 0 aromatic heterocycles. The van der Waals surface area contributed by atoms with Crippen molar-refractivity contribution >= 4 is 23.7 Å². The second kappa shape index (κ2) is 4.26. The molecular formula is C5H11N3S. The molecule has 0 amide bonds. The van der Waals surface area contributed by atoms with Crippen LogP contribution in [0.25, 0.3) is 0 Å².